The van der Waals surface area contributed by atoms with Crippen molar-refractivity contribution in [2.75, 3.05) is 0 Å². The molecule has 0 spiro atoms. The van der Waals surface area contributed by atoms with Gasteiger partial charge in [-0.05, 0) is 0 Å². The van der Waals surface area contributed by atoms with E-state index in [-0.39, 0.29) is 32.8 Å². The minimum atomic E-state index is -0.844. The number of carbonyl (C=O) groups is 2. The first kappa shape index (κ1) is 17.4. The quantitative estimate of drug-likeness (QED) is 0.588. The molecule has 0 saturated heterocycles. The molecule has 2 amide bonds. The Labute approximate surface area is 153 Å². The van der Waals surface area contributed by atoms with Crippen LogP contribution in [0.15, 0.2) is 54.6 Å². The van der Waals surface area contributed by atoms with E-state index in [1.165, 1.54) is 4.90 Å². The van der Waals surface area contributed by atoms with Gasteiger partial charge in [0.1, 0.15) is 0 Å². The van der Waals surface area contributed by atoms with Gasteiger partial charge in [-0.25, -0.2) is 0 Å². The maximum absolute atomic E-state index is 13.3. The van der Waals surface area contributed by atoms with Crippen LogP contribution in [-0.2, 0) is 10.2 Å². The predicted octanol–water partition coefficient (Wildman–Crippen LogP) is 3.29. The van der Waals surface area contributed by atoms with Gasteiger partial charge in [0.25, 0.3) is 0 Å². The average Bonchev–Trinajstić information content (AvgIpc) is 2.65. The number of amides is 2. The van der Waals surface area contributed by atoms with E-state index in [1.807, 2.05) is 62.4 Å². The van der Waals surface area contributed by atoms with Gasteiger partial charge in [0.05, 0.1) is 0 Å². The summed E-state index contributed by atoms with van der Waals surface area (Å²) in [5.41, 5.74) is 1.36. The van der Waals surface area contributed by atoms with Crippen LogP contribution < -0.4 is 0 Å². The third-order valence-electron chi connectivity index (χ3n) is 4.76. The standard InChI is InChI=1S/C20H18N2O2Se/c1-14(15-8-4-3-5-9-15)22-18(23)16-10-6-7-11-17(16)20(2,19(22)24)12-25-13-21/h3-11,14H,12H2,1-2H3. The Morgan fingerprint density at radius 2 is 1.76 bits per heavy atom. The molecule has 3 rings (SSSR count). The molecule has 0 saturated carbocycles. The van der Waals surface area contributed by atoms with Crippen LogP contribution in [0.25, 0.3) is 0 Å². The molecule has 1 heterocycles. The summed E-state index contributed by atoms with van der Waals surface area (Å²) in [6, 6.07) is 16.4. The normalized spacial score (nSPS) is 20.8. The Bertz CT molecular complexity index is 859. The van der Waals surface area contributed by atoms with E-state index in [0.717, 1.165) is 11.1 Å². The second-order valence-corrected chi connectivity index (χ2v) is 7.92. The van der Waals surface area contributed by atoms with E-state index in [1.54, 1.807) is 6.07 Å². The van der Waals surface area contributed by atoms with Gasteiger partial charge in [-0.2, -0.15) is 0 Å². The summed E-state index contributed by atoms with van der Waals surface area (Å²) in [5.74, 6) is -0.483. The van der Waals surface area contributed by atoms with Crippen molar-refractivity contribution < 1.29 is 9.59 Å². The molecular formula is C20H18N2O2Se. The SMILES string of the molecule is CC(c1ccccc1)N1C(=O)c2ccccc2C(C)(C[Se]C#N)C1=O. The zero-order chi connectivity index (χ0) is 18.0. The number of nitrogens with zero attached hydrogens (tertiary/aromatic N) is 2. The second-order valence-electron chi connectivity index (χ2n) is 6.32. The Hall–Kier alpha value is -2.41. The predicted molar refractivity (Wildman–Crippen MR) is 96.0 cm³/mol. The van der Waals surface area contributed by atoms with Crippen LogP contribution >= 0.6 is 0 Å². The second kappa shape index (κ2) is 6.84. The number of nitriles is 1. The molecule has 2 aromatic carbocycles. The van der Waals surface area contributed by atoms with Crippen LogP contribution in [-0.4, -0.2) is 31.7 Å². The molecule has 2 aromatic rings. The van der Waals surface area contributed by atoms with E-state index >= 15 is 0 Å². The molecule has 0 radical (unpaired) electrons. The monoisotopic (exact) mass is 398 g/mol. The van der Waals surface area contributed by atoms with Crippen LogP contribution in [0.2, 0.25) is 5.32 Å². The van der Waals surface area contributed by atoms with Crippen LogP contribution in [0.1, 0.15) is 41.4 Å². The van der Waals surface area contributed by atoms with E-state index in [9.17, 15) is 9.59 Å². The number of rotatable bonds is 4. The van der Waals surface area contributed by atoms with Crippen molar-refractivity contribution >= 4 is 26.8 Å². The van der Waals surface area contributed by atoms with E-state index in [2.05, 4.69) is 4.97 Å². The number of hydrogen-bond acceptors (Lipinski definition) is 3. The zero-order valence-corrected chi connectivity index (χ0v) is 15.8. The molecule has 2 atom stereocenters. The first-order valence-corrected chi connectivity index (χ1v) is 10.1. The van der Waals surface area contributed by atoms with Gasteiger partial charge in [0.15, 0.2) is 0 Å². The molecule has 0 bridgehead atoms. The molecule has 0 aliphatic carbocycles. The van der Waals surface area contributed by atoms with Crippen molar-refractivity contribution in [3.63, 3.8) is 0 Å². The van der Waals surface area contributed by atoms with E-state index in [0.29, 0.717) is 10.9 Å². The van der Waals surface area contributed by atoms with Crippen molar-refractivity contribution in [1.82, 2.24) is 4.90 Å². The molecule has 2 unspecified atom stereocenters. The summed E-state index contributed by atoms with van der Waals surface area (Å²) in [4.78, 5) is 29.9. The molecule has 5 heteroatoms. The fraction of sp³-hybridized carbons (Fsp3) is 0.250. The number of carbonyl (C=O) groups excluding carboxylic acids is 2. The van der Waals surface area contributed by atoms with E-state index < -0.39 is 5.41 Å². The van der Waals surface area contributed by atoms with Gasteiger partial charge in [-0.15, -0.1) is 0 Å². The molecule has 0 fully saturated rings. The van der Waals surface area contributed by atoms with Gasteiger partial charge in [-0.1, -0.05) is 0 Å². The number of fused-ring (bicyclic) bond motifs is 1. The van der Waals surface area contributed by atoms with Gasteiger partial charge >= 0.3 is 153 Å². The molecule has 1 aliphatic heterocycles. The van der Waals surface area contributed by atoms with Crippen LogP contribution in [0.4, 0.5) is 0 Å². The number of imide groups is 1. The van der Waals surface area contributed by atoms with Crippen molar-refractivity contribution in [2.24, 2.45) is 0 Å². The molecule has 4 nitrogen and oxygen atoms in total. The summed E-state index contributed by atoms with van der Waals surface area (Å²) in [7, 11) is 0. The molecule has 25 heavy (non-hydrogen) atoms. The minimum absolute atomic E-state index is 0.218. The van der Waals surface area contributed by atoms with Gasteiger partial charge in [0, 0.05) is 0 Å². The summed E-state index contributed by atoms with van der Waals surface area (Å²) in [6.07, 6.45) is 0. The fourth-order valence-corrected chi connectivity index (χ4v) is 4.63. The fourth-order valence-electron chi connectivity index (χ4n) is 3.30. The third kappa shape index (κ3) is 2.88. The van der Waals surface area contributed by atoms with Crippen molar-refractivity contribution in [3.05, 3.63) is 71.3 Å². The first-order valence-electron chi connectivity index (χ1n) is 8.04. The molecular weight excluding hydrogens is 379 g/mol. The topological polar surface area (TPSA) is 61.2 Å². The summed E-state index contributed by atoms with van der Waals surface area (Å²) in [6.45, 7) is 3.72. The zero-order valence-electron chi connectivity index (χ0n) is 14.1. The average molecular weight is 397 g/mol. The Kier molecular flexibility index (Phi) is 4.76. The first-order chi connectivity index (χ1) is 12.0. The Morgan fingerprint density at radius 3 is 2.44 bits per heavy atom. The Morgan fingerprint density at radius 1 is 1.12 bits per heavy atom. The summed E-state index contributed by atoms with van der Waals surface area (Å²) < 4.78 is 0. The van der Waals surface area contributed by atoms with Crippen LogP contribution in [0.3, 0.4) is 0 Å². The van der Waals surface area contributed by atoms with E-state index in [4.69, 9.17) is 5.26 Å². The summed E-state index contributed by atoms with van der Waals surface area (Å²) >= 11 is -0.320. The molecule has 0 aromatic heterocycles. The van der Waals surface area contributed by atoms with Crippen molar-refractivity contribution in [3.8, 4) is 4.97 Å². The van der Waals surface area contributed by atoms with Gasteiger partial charge in [-0.3, -0.25) is 0 Å². The van der Waals surface area contributed by atoms with Gasteiger partial charge in [0.2, 0.25) is 0 Å². The molecule has 0 N–H and O–H groups in total. The van der Waals surface area contributed by atoms with Gasteiger partial charge < -0.3 is 0 Å². The molecule has 1 aliphatic rings. The van der Waals surface area contributed by atoms with Crippen LogP contribution in [0, 0.1) is 10.2 Å². The number of benzene rings is 2. The third-order valence-corrected chi connectivity index (χ3v) is 6.54. The maximum atomic E-state index is 13.3. The molecule has 126 valence electrons. The van der Waals surface area contributed by atoms with Crippen LogP contribution in [0.5, 0.6) is 0 Å². The van der Waals surface area contributed by atoms with Crippen molar-refractivity contribution in [2.45, 2.75) is 30.6 Å². The summed E-state index contributed by atoms with van der Waals surface area (Å²) in [5, 5.41) is 9.49. The Balaban J connectivity index is 2.11. The van der Waals surface area contributed by atoms with Crippen molar-refractivity contribution in [1.29, 1.82) is 5.26 Å². The number of hydrogen-bond donors (Lipinski definition) is 0.